The predicted octanol–water partition coefficient (Wildman–Crippen LogP) is 3.13. The molecule has 2 rings (SSSR count). The third kappa shape index (κ3) is 8.94. The van der Waals surface area contributed by atoms with Gasteiger partial charge in [-0.25, -0.2) is 9.59 Å². The molecule has 4 atom stereocenters. The Morgan fingerprint density at radius 1 is 1.11 bits per heavy atom. The second-order valence-electron chi connectivity index (χ2n) is 10.5. The number of alkyl carbamates (subject to hydrolysis) is 1. The van der Waals surface area contributed by atoms with Gasteiger partial charge < -0.3 is 30.1 Å². The molecular formula is C27H41N3O7. The highest BCUT2D eigenvalue weighted by molar-refractivity contribution is 5.93. The van der Waals surface area contributed by atoms with Crippen LogP contribution in [0.5, 0.6) is 5.75 Å². The molecule has 1 aromatic carbocycles. The van der Waals surface area contributed by atoms with Crippen LogP contribution in [-0.4, -0.2) is 71.3 Å². The van der Waals surface area contributed by atoms with Crippen molar-refractivity contribution >= 4 is 23.9 Å². The second-order valence-corrected chi connectivity index (χ2v) is 10.5. The molecule has 1 aromatic rings. The zero-order chi connectivity index (χ0) is 27.8. The van der Waals surface area contributed by atoms with Gasteiger partial charge in [0.2, 0.25) is 11.8 Å². The molecule has 0 bridgehead atoms. The SMILES string of the molecule is CC[C@H](C)[C@H](NC(=O)[C@@H](Cc1ccc(OC)cc1)NC(=O)OC(C)(C)C)C(=O)N1CCCCC1C(=O)O. The molecule has 10 nitrogen and oxygen atoms in total. The van der Waals surface area contributed by atoms with Crippen LogP contribution in [0.1, 0.15) is 65.9 Å². The number of amides is 3. The van der Waals surface area contributed by atoms with Crippen LogP contribution in [0.15, 0.2) is 24.3 Å². The summed E-state index contributed by atoms with van der Waals surface area (Å²) in [5, 5.41) is 15.1. The molecule has 1 saturated heterocycles. The summed E-state index contributed by atoms with van der Waals surface area (Å²) in [7, 11) is 1.55. The van der Waals surface area contributed by atoms with Crippen molar-refractivity contribution in [2.24, 2.45) is 5.92 Å². The van der Waals surface area contributed by atoms with Gasteiger partial charge in [0.25, 0.3) is 0 Å². The predicted molar refractivity (Wildman–Crippen MR) is 138 cm³/mol. The molecule has 1 aliphatic rings. The summed E-state index contributed by atoms with van der Waals surface area (Å²) in [4.78, 5) is 52.8. The van der Waals surface area contributed by atoms with E-state index in [1.165, 1.54) is 4.90 Å². The molecule has 10 heteroatoms. The summed E-state index contributed by atoms with van der Waals surface area (Å²) in [6.45, 7) is 9.23. The van der Waals surface area contributed by atoms with Gasteiger partial charge in [-0.3, -0.25) is 9.59 Å². The maximum absolute atomic E-state index is 13.5. The number of nitrogens with one attached hydrogen (secondary N) is 2. The van der Waals surface area contributed by atoms with Crippen LogP contribution in [0.2, 0.25) is 0 Å². The summed E-state index contributed by atoms with van der Waals surface area (Å²) in [5.41, 5.74) is 0.00555. The van der Waals surface area contributed by atoms with Crippen molar-refractivity contribution in [2.45, 2.75) is 90.4 Å². The minimum Gasteiger partial charge on any atom is -0.497 e. The second kappa shape index (κ2) is 13.3. The molecule has 1 heterocycles. The van der Waals surface area contributed by atoms with Gasteiger partial charge in [0.15, 0.2) is 0 Å². The number of piperidine rings is 1. The minimum absolute atomic E-state index is 0.151. The van der Waals surface area contributed by atoms with Crippen molar-refractivity contribution in [3.63, 3.8) is 0 Å². The molecule has 3 amide bonds. The summed E-state index contributed by atoms with van der Waals surface area (Å²) in [6.07, 6.45) is 1.79. The summed E-state index contributed by atoms with van der Waals surface area (Å²) in [5.74, 6) is -1.62. The molecular weight excluding hydrogens is 478 g/mol. The number of ether oxygens (including phenoxy) is 2. The maximum atomic E-state index is 13.5. The van der Waals surface area contributed by atoms with Crippen molar-refractivity contribution in [1.29, 1.82) is 0 Å². The van der Waals surface area contributed by atoms with E-state index >= 15 is 0 Å². The van der Waals surface area contributed by atoms with Gasteiger partial charge in [-0.05, 0) is 63.6 Å². The van der Waals surface area contributed by atoms with E-state index in [1.807, 2.05) is 13.8 Å². The quantitative estimate of drug-likeness (QED) is 0.432. The van der Waals surface area contributed by atoms with Gasteiger partial charge in [-0.15, -0.1) is 0 Å². The number of carbonyl (C=O) groups is 4. The normalized spacial score (nSPS) is 18.2. The molecule has 1 unspecified atom stereocenters. The van der Waals surface area contributed by atoms with Crippen molar-refractivity contribution in [1.82, 2.24) is 15.5 Å². The van der Waals surface area contributed by atoms with Gasteiger partial charge in [0.1, 0.15) is 29.5 Å². The maximum Gasteiger partial charge on any atom is 0.408 e. The Labute approximate surface area is 219 Å². The van der Waals surface area contributed by atoms with Crippen LogP contribution < -0.4 is 15.4 Å². The van der Waals surface area contributed by atoms with E-state index in [2.05, 4.69) is 10.6 Å². The van der Waals surface area contributed by atoms with Gasteiger partial charge in [0.05, 0.1) is 7.11 Å². The monoisotopic (exact) mass is 519 g/mol. The van der Waals surface area contributed by atoms with E-state index in [0.717, 1.165) is 12.0 Å². The van der Waals surface area contributed by atoms with Crippen molar-refractivity contribution in [3.05, 3.63) is 29.8 Å². The molecule has 0 saturated carbocycles. The van der Waals surface area contributed by atoms with Crippen LogP contribution in [0.4, 0.5) is 4.79 Å². The molecule has 37 heavy (non-hydrogen) atoms. The van der Waals surface area contributed by atoms with Crippen molar-refractivity contribution in [2.75, 3.05) is 13.7 Å². The van der Waals surface area contributed by atoms with Crippen LogP contribution in [-0.2, 0) is 25.5 Å². The average molecular weight is 520 g/mol. The van der Waals surface area contributed by atoms with Gasteiger partial charge in [-0.2, -0.15) is 0 Å². The minimum atomic E-state index is -1.05. The number of hydrogen-bond acceptors (Lipinski definition) is 6. The zero-order valence-electron chi connectivity index (χ0n) is 22.7. The molecule has 0 aromatic heterocycles. The van der Waals surface area contributed by atoms with Crippen molar-refractivity contribution in [3.8, 4) is 5.75 Å². The number of methoxy groups -OCH3 is 1. The largest absolute Gasteiger partial charge is 0.497 e. The fourth-order valence-electron chi connectivity index (χ4n) is 4.22. The molecule has 3 N–H and O–H groups in total. The third-order valence-corrected chi connectivity index (χ3v) is 6.45. The van der Waals surface area contributed by atoms with Gasteiger partial charge in [0, 0.05) is 13.0 Å². The number of aliphatic carboxylic acids is 1. The first-order valence-corrected chi connectivity index (χ1v) is 12.8. The lowest BCUT2D eigenvalue weighted by Crippen LogP contribution is -2.60. The van der Waals surface area contributed by atoms with Crippen LogP contribution in [0, 0.1) is 5.92 Å². The van der Waals surface area contributed by atoms with Crippen LogP contribution in [0.3, 0.4) is 0 Å². The van der Waals surface area contributed by atoms with E-state index in [0.29, 0.717) is 31.6 Å². The van der Waals surface area contributed by atoms with Gasteiger partial charge in [-0.1, -0.05) is 32.4 Å². The lowest BCUT2D eigenvalue weighted by molar-refractivity contribution is -0.154. The van der Waals surface area contributed by atoms with Crippen LogP contribution >= 0.6 is 0 Å². The molecule has 0 aliphatic carbocycles. The summed E-state index contributed by atoms with van der Waals surface area (Å²) >= 11 is 0. The van der Waals surface area contributed by atoms with Crippen LogP contribution in [0.25, 0.3) is 0 Å². The zero-order valence-corrected chi connectivity index (χ0v) is 22.7. The highest BCUT2D eigenvalue weighted by Gasteiger charge is 2.38. The number of carboxylic acids is 1. The first-order chi connectivity index (χ1) is 17.4. The van der Waals surface area contributed by atoms with E-state index in [9.17, 15) is 24.3 Å². The van der Waals surface area contributed by atoms with Crippen molar-refractivity contribution < 1.29 is 33.8 Å². The number of benzene rings is 1. The molecule has 1 aliphatic heterocycles. The Morgan fingerprint density at radius 3 is 2.30 bits per heavy atom. The van der Waals surface area contributed by atoms with E-state index in [1.54, 1.807) is 52.1 Å². The molecule has 0 radical (unpaired) electrons. The fraction of sp³-hybridized carbons (Fsp3) is 0.630. The lowest BCUT2D eigenvalue weighted by Gasteiger charge is -2.37. The first-order valence-electron chi connectivity index (χ1n) is 12.8. The highest BCUT2D eigenvalue weighted by atomic mass is 16.6. The highest BCUT2D eigenvalue weighted by Crippen LogP contribution is 2.21. The number of nitrogens with zero attached hydrogens (tertiary/aromatic N) is 1. The number of carboxylic acid groups (broad SMARTS) is 1. The Hall–Kier alpha value is -3.30. The Kier molecular flexibility index (Phi) is 10.8. The topological polar surface area (TPSA) is 134 Å². The molecule has 0 spiro atoms. The smallest absolute Gasteiger partial charge is 0.408 e. The first kappa shape index (κ1) is 29.9. The van der Waals surface area contributed by atoms with E-state index in [4.69, 9.17) is 9.47 Å². The summed E-state index contributed by atoms with van der Waals surface area (Å²) < 4.78 is 10.5. The molecule has 1 fully saturated rings. The standard InChI is InChI=1S/C27H41N3O7/c1-7-17(2)22(24(32)30-15-9-8-10-21(30)25(33)34)29-23(31)20(28-26(35)37-27(3,4)5)16-18-11-13-19(36-6)14-12-18/h11-14,17,20-22H,7-10,15-16H2,1-6H3,(H,28,35)(H,29,31)(H,33,34)/t17-,20+,21?,22-/m0/s1. The Bertz CT molecular complexity index is 942. The average Bonchev–Trinajstić information content (AvgIpc) is 2.85. The van der Waals surface area contributed by atoms with Gasteiger partial charge >= 0.3 is 12.1 Å². The fourth-order valence-corrected chi connectivity index (χ4v) is 4.22. The number of hydrogen-bond donors (Lipinski definition) is 3. The lowest BCUT2D eigenvalue weighted by atomic mass is 9.94. The number of likely N-dealkylation sites (tertiary alicyclic amines) is 1. The molecule has 206 valence electrons. The Balaban J connectivity index is 2.29. The summed E-state index contributed by atoms with van der Waals surface area (Å²) in [6, 6.07) is 4.21. The van der Waals surface area contributed by atoms with E-state index < -0.39 is 47.6 Å². The van der Waals surface area contributed by atoms with E-state index in [-0.39, 0.29) is 12.3 Å². The number of rotatable bonds is 10. The third-order valence-electron chi connectivity index (χ3n) is 6.45. The number of carbonyl (C=O) groups excluding carboxylic acids is 3. The Morgan fingerprint density at radius 2 is 1.76 bits per heavy atom.